The van der Waals surface area contributed by atoms with Gasteiger partial charge in [-0.05, 0) is 103 Å². The second-order valence-electron chi connectivity index (χ2n) is 22.4. The number of aromatic nitrogens is 2. The molecule has 0 radical (unpaired) electrons. The zero-order chi connectivity index (χ0) is 61.1. The van der Waals surface area contributed by atoms with Crippen LogP contribution in [0.1, 0.15) is 74.3 Å². The molecule has 5 aromatic carbocycles. The number of nitro groups is 1. The standard InChI is InChI=1S/C64H61ClN10O12S/c65-45-12-10-42(11-13-45)49-7-4-9-56(86-39-41-36-72(37-41)24-2-1-5-43-6-3-8-51-59(43)64(80)74(63(51)79)54-18-19-58(76)69-62(54)78)52(49)38-71-25-27-73(28-26-71)46-14-16-50(57(32-46)87-47-31-44-20-23-66-60(44)68-35-47)61(77)70-88(83,84)48-15-17-53(55(33-48)75(81)82)67-34-40-21-29-85-30-22-40/h3-4,6-17,20,23,31-33,35,40-41,54,67H,2,18-19,21-22,24-30,34,36-39H2,(H,66,68)(H,70,77)(H,69,76,78). The van der Waals surface area contributed by atoms with E-state index in [1.807, 2.05) is 42.5 Å². The molecule has 0 saturated carbocycles. The number of carbonyl (C=O) groups excluding carboxylic acids is 5. The van der Waals surface area contributed by atoms with Crippen LogP contribution in [0.15, 0.2) is 126 Å². The first-order chi connectivity index (χ1) is 42.6. The lowest BCUT2D eigenvalue weighted by Crippen LogP contribution is -2.54. The summed E-state index contributed by atoms with van der Waals surface area (Å²) in [5.41, 5.74) is 4.79. The molecule has 7 heterocycles. The van der Waals surface area contributed by atoms with Crippen LogP contribution in [0.3, 0.4) is 0 Å². The highest BCUT2D eigenvalue weighted by Gasteiger charge is 2.45. The van der Waals surface area contributed by atoms with E-state index in [1.54, 1.807) is 42.6 Å². The number of nitrogens with zero attached hydrogens (tertiary/aromatic N) is 6. The van der Waals surface area contributed by atoms with E-state index in [0.29, 0.717) is 94.0 Å². The Balaban J connectivity index is 0.694. The van der Waals surface area contributed by atoms with Gasteiger partial charge in [0.1, 0.15) is 34.6 Å². The van der Waals surface area contributed by atoms with Crippen LogP contribution < -0.4 is 29.7 Å². The molecule has 452 valence electrons. The summed E-state index contributed by atoms with van der Waals surface area (Å²) in [7, 11) is -4.63. The summed E-state index contributed by atoms with van der Waals surface area (Å²) in [4.78, 5) is 91.7. The average molecular weight is 1230 g/mol. The van der Waals surface area contributed by atoms with Crippen LogP contribution in [-0.2, 0) is 30.9 Å². The molecule has 0 aliphatic carbocycles. The second-order valence-corrected chi connectivity index (χ2v) is 24.5. The van der Waals surface area contributed by atoms with Crippen LogP contribution in [0.4, 0.5) is 17.1 Å². The summed E-state index contributed by atoms with van der Waals surface area (Å²) in [6.45, 7) is 7.50. The number of H-pyrrole nitrogens is 1. The van der Waals surface area contributed by atoms with Crippen LogP contribution in [0.5, 0.6) is 17.2 Å². The van der Waals surface area contributed by atoms with Crippen LogP contribution in [-0.4, -0.2) is 146 Å². The highest BCUT2D eigenvalue weighted by Crippen LogP contribution is 2.37. The molecule has 2 aromatic heterocycles. The third-order valence-electron chi connectivity index (χ3n) is 16.6. The zero-order valence-corrected chi connectivity index (χ0v) is 49.2. The Morgan fingerprint density at radius 2 is 1.64 bits per heavy atom. The van der Waals surface area contributed by atoms with Crippen molar-refractivity contribution >= 4 is 79.3 Å². The number of sulfonamides is 1. The van der Waals surface area contributed by atoms with E-state index in [9.17, 15) is 42.5 Å². The topological polar surface area (TPSA) is 268 Å². The summed E-state index contributed by atoms with van der Waals surface area (Å²) in [6.07, 6.45) is 5.46. The maximum atomic E-state index is 14.1. The van der Waals surface area contributed by atoms with Gasteiger partial charge in [-0.3, -0.25) is 49.2 Å². The molecule has 5 aliphatic rings. The molecule has 4 saturated heterocycles. The van der Waals surface area contributed by atoms with Crippen LogP contribution in [0.2, 0.25) is 5.02 Å². The van der Waals surface area contributed by atoms with E-state index in [4.69, 9.17) is 25.8 Å². The fourth-order valence-electron chi connectivity index (χ4n) is 11.8. The van der Waals surface area contributed by atoms with Gasteiger partial charge in [-0.2, -0.15) is 0 Å². The fourth-order valence-corrected chi connectivity index (χ4v) is 12.9. The number of hydrogen-bond acceptors (Lipinski definition) is 17. The predicted molar refractivity (Wildman–Crippen MR) is 327 cm³/mol. The second kappa shape index (κ2) is 25.6. The van der Waals surface area contributed by atoms with Crippen molar-refractivity contribution in [2.45, 2.75) is 49.6 Å². The van der Waals surface area contributed by atoms with Gasteiger partial charge in [-0.15, -0.1) is 0 Å². The van der Waals surface area contributed by atoms with Crippen molar-refractivity contribution in [3.63, 3.8) is 0 Å². The van der Waals surface area contributed by atoms with Crippen molar-refractivity contribution in [3.8, 4) is 40.2 Å². The number of imide groups is 2. The van der Waals surface area contributed by atoms with E-state index in [-0.39, 0.29) is 52.8 Å². The summed E-state index contributed by atoms with van der Waals surface area (Å²) >= 11 is 6.36. The number of piperazine rings is 1. The molecule has 0 bridgehead atoms. The maximum absolute atomic E-state index is 14.1. The van der Waals surface area contributed by atoms with Gasteiger partial charge in [0, 0.05) is 136 Å². The van der Waals surface area contributed by atoms with E-state index >= 15 is 0 Å². The van der Waals surface area contributed by atoms with Gasteiger partial charge in [0.15, 0.2) is 0 Å². The van der Waals surface area contributed by atoms with Gasteiger partial charge in [0.25, 0.3) is 33.4 Å². The minimum atomic E-state index is -4.63. The number of ether oxygens (including phenoxy) is 3. The van der Waals surface area contributed by atoms with Gasteiger partial charge >= 0.3 is 0 Å². The number of aromatic amines is 1. The van der Waals surface area contributed by atoms with E-state index in [1.165, 1.54) is 24.4 Å². The molecule has 4 fully saturated rings. The molecule has 24 heteroatoms. The number of nitro benzene ring substituents is 1. The number of nitrogens with one attached hydrogen (secondary N) is 4. The normalized spacial score (nSPS) is 17.7. The maximum Gasteiger partial charge on any atom is 0.293 e. The van der Waals surface area contributed by atoms with Crippen molar-refractivity contribution in [1.29, 1.82) is 0 Å². The van der Waals surface area contributed by atoms with E-state index < -0.39 is 61.1 Å². The van der Waals surface area contributed by atoms with Crippen molar-refractivity contribution in [2.75, 3.05) is 82.4 Å². The van der Waals surface area contributed by atoms with E-state index in [0.717, 1.165) is 70.4 Å². The number of anilines is 2. The Morgan fingerprint density at radius 1 is 0.852 bits per heavy atom. The third-order valence-corrected chi connectivity index (χ3v) is 18.2. The van der Waals surface area contributed by atoms with Crippen molar-refractivity contribution < 1.29 is 51.5 Å². The highest BCUT2D eigenvalue weighted by atomic mass is 35.5. The first kappa shape index (κ1) is 59.2. The molecule has 4 N–H and O–H groups in total. The van der Waals surface area contributed by atoms with Gasteiger partial charge in [-0.1, -0.05) is 53.8 Å². The van der Waals surface area contributed by atoms with Gasteiger partial charge < -0.3 is 34.3 Å². The first-order valence-electron chi connectivity index (χ1n) is 29.1. The summed E-state index contributed by atoms with van der Waals surface area (Å²) < 4.78 is 48.3. The molecule has 0 spiro atoms. The number of amides is 5. The van der Waals surface area contributed by atoms with Crippen LogP contribution >= 0.6 is 11.6 Å². The van der Waals surface area contributed by atoms with Crippen molar-refractivity contribution in [2.24, 2.45) is 11.8 Å². The van der Waals surface area contributed by atoms with Gasteiger partial charge in [-0.25, -0.2) is 18.1 Å². The first-order valence-corrected chi connectivity index (χ1v) is 30.9. The largest absolute Gasteiger partial charge is 0.493 e. The van der Waals surface area contributed by atoms with Crippen LogP contribution in [0, 0.1) is 33.8 Å². The molecule has 1 atom stereocenters. The van der Waals surface area contributed by atoms with Crippen molar-refractivity contribution in [1.82, 2.24) is 34.7 Å². The molecule has 7 aromatic rings. The zero-order valence-electron chi connectivity index (χ0n) is 47.7. The Bertz CT molecular complexity index is 4070. The number of benzene rings is 5. The molecule has 1 unspecified atom stereocenters. The monoisotopic (exact) mass is 1230 g/mol. The Hall–Kier alpha value is -9.18. The fraction of sp³-hybridized carbons (Fsp3) is 0.312. The smallest absolute Gasteiger partial charge is 0.293 e. The number of piperidine rings is 1. The lowest BCUT2D eigenvalue weighted by atomic mass is 9.97. The number of rotatable bonds is 19. The quantitative estimate of drug-likeness (QED) is 0.0258. The summed E-state index contributed by atoms with van der Waals surface area (Å²) in [5, 5.41) is 18.9. The molecule has 22 nitrogen and oxygen atoms in total. The predicted octanol–water partition coefficient (Wildman–Crippen LogP) is 8.02. The lowest BCUT2D eigenvalue weighted by Gasteiger charge is -2.39. The Labute approximate surface area is 511 Å². The van der Waals surface area contributed by atoms with Crippen LogP contribution in [0.25, 0.3) is 22.2 Å². The molecule has 88 heavy (non-hydrogen) atoms. The minimum Gasteiger partial charge on any atom is -0.493 e. The van der Waals surface area contributed by atoms with Gasteiger partial charge in [0.05, 0.1) is 39.3 Å². The Morgan fingerprint density at radius 3 is 2.42 bits per heavy atom. The Kier molecular flexibility index (Phi) is 17.2. The third kappa shape index (κ3) is 12.9. The molecule has 12 rings (SSSR count). The number of hydrogen-bond donors (Lipinski definition) is 4. The number of halogens is 1. The number of carbonyl (C=O) groups is 5. The minimum absolute atomic E-state index is 0.0364. The lowest BCUT2D eigenvalue weighted by molar-refractivity contribution is -0.384. The number of likely N-dealkylation sites (tertiary alicyclic amines) is 1. The number of fused-ring (bicyclic) bond motifs is 2. The molecule has 5 aliphatic heterocycles. The average Bonchev–Trinajstić information content (AvgIpc) is 2.62. The SMILES string of the molecule is O=C1CCC(N2C(=O)c3cccc(C#CCCN4CC(COc5cccc(-c6ccc(Cl)cc6)c5CN5CCN(c6ccc(C(=O)NS(=O)(=O)c7ccc(NCC8CCOCC8)c([N+](=O)[O-])c7)c(Oc7cnc8[nH]ccc8c7)c6)CC5)C4)c3C2=O)C(=O)N1. The summed E-state index contributed by atoms with van der Waals surface area (Å²) in [5.74, 6) is 4.65. The van der Waals surface area contributed by atoms with Crippen molar-refractivity contribution in [3.05, 3.63) is 165 Å². The molecular formula is C64H61ClN10O12S. The summed E-state index contributed by atoms with van der Waals surface area (Å²) in [6, 6.07) is 29.7. The number of pyridine rings is 1. The van der Waals surface area contributed by atoms with Gasteiger partial charge in [0.2, 0.25) is 11.8 Å². The highest BCUT2D eigenvalue weighted by molar-refractivity contribution is 7.90. The molecular weight excluding hydrogens is 1170 g/mol. The molecule has 5 amide bonds. The van der Waals surface area contributed by atoms with E-state index in [2.05, 4.69) is 57.9 Å².